The Balaban J connectivity index is 2.53. The molecule has 0 aromatic rings. The Bertz CT molecular complexity index is 188. The van der Waals surface area contributed by atoms with Crippen molar-refractivity contribution in [3.63, 3.8) is 0 Å². The molecule has 0 spiro atoms. The van der Waals surface area contributed by atoms with Gasteiger partial charge in [-0.1, -0.05) is 52.4 Å². The van der Waals surface area contributed by atoms with Crippen LogP contribution in [0.4, 0.5) is 0 Å². The van der Waals surface area contributed by atoms with E-state index in [1.54, 1.807) is 0 Å². The minimum absolute atomic E-state index is 0.0842. The van der Waals surface area contributed by atoms with Crippen molar-refractivity contribution < 1.29 is 5.11 Å². The van der Waals surface area contributed by atoms with Gasteiger partial charge in [0.25, 0.3) is 0 Å². The van der Waals surface area contributed by atoms with E-state index in [0.29, 0.717) is 6.04 Å². The van der Waals surface area contributed by atoms with Crippen LogP contribution in [0.3, 0.4) is 0 Å². The standard InChI is InChI=1S/C16H33NO/c1-3-5-13-17(14-6-4-2)15-11-9-7-8-10-12-16(15)18/h15-16,18H,3-14H2,1-2H3. The lowest BCUT2D eigenvalue weighted by molar-refractivity contribution is 0.0296. The maximum atomic E-state index is 10.4. The Hall–Kier alpha value is -0.0800. The third-order valence-corrected chi connectivity index (χ3v) is 4.26. The van der Waals surface area contributed by atoms with Crippen LogP contribution in [0.5, 0.6) is 0 Å². The van der Waals surface area contributed by atoms with Gasteiger partial charge in [-0.2, -0.15) is 0 Å². The second-order valence-electron chi connectivity index (χ2n) is 5.87. The minimum Gasteiger partial charge on any atom is -0.391 e. The second kappa shape index (κ2) is 9.80. The van der Waals surface area contributed by atoms with E-state index in [2.05, 4.69) is 18.7 Å². The fourth-order valence-electron chi connectivity index (χ4n) is 3.04. The van der Waals surface area contributed by atoms with Gasteiger partial charge in [-0.25, -0.2) is 0 Å². The molecule has 2 unspecified atom stereocenters. The maximum absolute atomic E-state index is 10.4. The van der Waals surface area contributed by atoms with Crippen LogP contribution in [0.1, 0.15) is 78.1 Å². The molecule has 0 bridgehead atoms. The molecule has 0 heterocycles. The smallest absolute Gasteiger partial charge is 0.0695 e. The van der Waals surface area contributed by atoms with E-state index in [0.717, 1.165) is 6.42 Å². The Morgan fingerprint density at radius 2 is 1.44 bits per heavy atom. The van der Waals surface area contributed by atoms with E-state index < -0.39 is 0 Å². The van der Waals surface area contributed by atoms with E-state index in [4.69, 9.17) is 0 Å². The first-order valence-electron chi connectivity index (χ1n) is 8.21. The van der Waals surface area contributed by atoms with Gasteiger partial charge in [0.05, 0.1) is 6.10 Å². The molecule has 0 aromatic carbocycles. The van der Waals surface area contributed by atoms with Gasteiger partial charge in [0.15, 0.2) is 0 Å². The molecule has 2 heteroatoms. The molecule has 1 rings (SSSR count). The van der Waals surface area contributed by atoms with E-state index in [-0.39, 0.29) is 6.10 Å². The van der Waals surface area contributed by atoms with E-state index in [1.165, 1.54) is 70.9 Å². The van der Waals surface area contributed by atoms with Gasteiger partial charge < -0.3 is 5.11 Å². The van der Waals surface area contributed by atoms with Crippen LogP contribution in [0.25, 0.3) is 0 Å². The molecule has 1 aliphatic carbocycles. The third-order valence-electron chi connectivity index (χ3n) is 4.26. The van der Waals surface area contributed by atoms with Gasteiger partial charge in [0.1, 0.15) is 0 Å². The number of rotatable bonds is 7. The summed E-state index contributed by atoms with van der Waals surface area (Å²) in [7, 11) is 0. The van der Waals surface area contributed by atoms with Gasteiger partial charge >= 0.3 is 0 Å². The zero-order valence-electron chi connectivity index (χ0n) is 12.5. The molecule has 0 aromatic heterocycles. The number of hydrogen-bond donors (Lipinski definition) is 1. The van der Waals surface area contributed by atoms with Crippen molar-refractivity contribution >= 4 is 0 Å². The lowest BCUT2D eigenvalue weighted by atomic mass is 9.92. The van der Waals surface area contributed by atoms with E-state index in [9.17, 15) is 5.11 Å². The van der Waals surface area contributed by atoms with Gasteiger partial charge in [0.2, 0.25) is 0 Å². The summed E-state index contributed by atoms with van der Waals surface area (Å²) < 4.78 is 0. The molecule has 108 valence electrons. The van der Waals surface area contributed by atoms with Crippen molar-refractivity contribution in [2.45, 2.75) is 90.2 Å². The second-order valence-corrected chi connectivity index (χ2v) is 5.87. The van der Waals surface area contributed by atoms with Crippen LogP contribution >= 0.6 is 0 Å². The predicted molar refractivity (Wildman–Crippen MR) is 78.9 cm³/mol. The van der Waals surface area contributed by atoms with Crippen molar-refractivity contribution in [1.29, 1.82) is 0 Å². The average molecular weight is 255 g/mol. The number of aliphatic hydroxyl groups excluding tert-OH is 1. The Labute approximate surface area is 114 Å². The third kappa shape index (κ3) is 5.71. The van der Waals surface area contributed by atoms with Crippen LogP contribution in [-0.4, -0.2) is 35.2 Å². The summed E-state index contributed by atoms with van der Waals surface area (Å²) in [6.07, 6.45) is 12.4. The molecule has 0 saturated heterocycles. The van der Waals surface area contributed by atoms with Crippen LogP contribution in [0.15, 0.2) is 0 Å². The molecule has 0 aliphatic heterocycles. The van der Waals surface area contributed by atoms with Crippen molar-refractivity contribution in [3.05, 3.63) is 0 Å². The van der Waals surface area contributed by atoms with Crippen LogP contribution < -0.4 is 0 Å². The van der Waals surface area contributed by atoms with E-state index in [1.807, 2.05) is 0 Å². The predicted octanol–water partition coefficient (Wildman–Crippen LogP) is 3.97. The SMILES string of the molecule is CCCCN(CCCC)C1CCCCCCC1O. The normalized spacial score (nSPS) is 26.0. The first-order chi connectivity index (χ1) is 8.79. The first kappa shape index (κ1) is 16.0. The summed E-state index contributed by atoms with van der Waals surface area (Å²) in [6.45, 7) is 6.87. The van der Waals surface area contributed by atoms with Crippen molar-refractivity contribution in [2.24, 2.45) is 0 Å². The maximum Gasteiger partial charge on any atom is 0.0695 e. The van der Waals surface area contributed by atoms with Gasteiger partial charge in [-0.3, -0.25) is 4.90 Å². The van der Waals surface area contributed by atoms with E-state index >= 15 is 0 Å². The molecular weight excluding hydrogens is 222 g/mol. The van der Waals surface area contributed by atoms with Gasteiger partial charge in [0, 0.05) is 6.04 Å². The number of hydrogen-bond acceptors (Lipinski definition) is 2. The fraction of sp³-hybridized carbons (Fsp3) is 1.00. The summed E-state index contributed by atoms with van der Waals surface area (Å²) in [5, 5.41) is 10.4. The highest BCUT2D eigenvalue weighted by molar-refractivity contribution is 4.81. The highest BCUT2D eigenvalue weighted by Crippen LogP contribution is 2.22. The van der Waals surface area contributed by atoms with Crippen LogP contribution in [-0.2, 0) is 0 Å². The zero-order valence-corrected chi connectivity index (χ0v) is 12.5. The summed E-state index contributed by atoms with van der Waals surface area (Å²) >= 11 is 0. The highest BCUT2D eigenvalue weighted by atomic mass is 16.3. The lowest BCUT2D eigenvalue weighted by Crippen LogP contribution is -2.45. The molecule has 0 radical (unpaired) electrons. The van der Waals surface area contributed by atoms with Gasteiger partial charge in [-0.05, 0) is 38.8 Å². The molecular formula is C16H33NO. The lowest BCUT2D eigenvalue weighted by Gasteiger charge is -2.36. The fourth-order valence-corrected chi connectivity index (χ4v) is 3.04. The quantitative estimate of drug-likeness (QED) is 0.744. The first-order valence-corrected chi connectivity index (χ1v) is 8.21. The average Bonchev–Trinajstić information content (AvgIpc) is 2.36. The molecule has 1 N–H and O–H groups in total. The molecule has 2 nitrogen and oxygen atoms in total. The Morgan fingerprint density at radius 1 is 0.889 bits per heavy atom. The number of unbranched alkanes of at least 4 members (excludes halogenated alkanes) is 2. The Morgan fingerprint density at radius 3 is 2.00 bits per heavy atom. The van der Waals surface area contributed by atoms with Crippen molar-refractivity contribution in [1.82, 2.24) is 4.90 Å². The number of aliphatic hydroxyl groups is 1. The van der Waals surface area contributed by atoms with Crippen molar-refractivity contribution in [2.75, 3.05) is 13.1 Å². The molecule has 0 amide bonds. The topological polar surface area (TPSA) is 23.5 Å². The van der Waals surface area contributed by atoms with Crippen LogP contribution in [0.2, 0.25) is 0 Å². The summed E-state index contributed by atoms with van der Waals surface area (Å²) in [4.78, 5) is 2.59. The molecule has 1 saturated carbocycles. The summed E-state index contributed by atoms with van der Waals surface area (Å²) in [5.74, 6) is 0. The van der Waals surface area contributed by atoms with Crippen LogP contribution in [0, 0.1) is 0 Å². The molecule has 1 fully saturated rings. The number of nitrogens with zero attached hydrogens (tertiary/aromatic N) is 1. The molecule has 1 aliphatic rings. The molecule has 2 atom stereocenters. The largest absolute Gasteiger partial charge is 0.391 e. The zero-order chi connectivity index (χ0) is 13.2. The Kier molecular flexibility index (Phi) is 8.70. The summed E-state index contributed by atoms with van der Waals surface area (Å²) in [6, 6.07) is 0.434. The summed E-state index contributed by atoms with van der Waals surface area (Å²) in [5.41, 5.74) is 0. The molecule has 18 heavy (non-hydrogen) atoms. The monoisotopic (exact) mass is 255 g/mol. The highest BCUT2D eigenvalue weighted by Gasteiger charge is 2.25. The minimum atomic E-state index is -0.0842. The van der Waals surface area contributed by atoms with Crippen molar-refractivity contribution in [3.8, 4) is 0 Å². The van der Waals surface area contributed by atoms with Gasteiger partial charge in [-0.15, -0.1) is 0 Å².